The summed E-state index contributed by atoms with van der Waals surface area (Å²) in [5.74, 6) is 0.0305. The molecule has 0 aromatic heterocycles. The highest BCUT2D eigenvalue weighted by Gasteiger charge is 2.13. The predicted octanol–water partition coefficient (Wildman–Crippen LogP) is 2.68. The first-order chi connectivity index (χ1) is 10.8. The van der Waals surface area contributed by atoms with Gasteiger partial charge in [0.2, 0.25) is 15.9 Å². The van der Waals surface area contributed by atoms with Crippen LogP contribution in [-0.4, -0.2) is 20.1 Å². The maximum absolute atomic E-state index is 12.0. The van der Waals surface area contributed by atoms with Crippen molar-refractivity contribution in [2.24, 2.45) is 5.14 Å². The summed E-state index contributed by atoms with van der Waals surface area (Å²) in [4.78, 5) is 13.0. The van der Waals surface area contributed by atoms with Gasteiger partial charge in [0.15, 0.2) is 0 Å². The molecule has 0 fully saturated rings. The molecule has 2 rings (SSSR count). The first-order valence-electron chi connectivity index (χ1n) is 6.88. The van der Waals surface area contributed by atoms with Crippen LogP contribution < -0.4 is 10.5 Å². The minimum absolute atomic E-state index is 0.0154. The van der Waals surface area contributed by atoms with Crippen LogP contribution in [0.25, 0.3) is 0 Å². The number of amides is 1. The molecule has 2 aromatic carbocycles. The molecule has 0 aliphatic heterocycles. The Labute approximate surface area is 140 Å². The zero-order chi connectivity index (χ0) is 17.0. The van der Waals surface area contributed by atoms with Crippen molar-refractivity contribution in [3.05, 3.63) is 53.6 Å². The second-order valence-electron chi connectivity index (χ2n) is 5.18. The Morgan fingerprint density at radius 3 is 2.57 bits per heavy atom. The fourth-order valence-electron chi connectivity index (χ4n) is 2.04. The number of aryl methyl sites for hydroxylation is 2. The quantitative estimate of drug-likeness (QED) is 0.811. The number of hydrogen-bond donors (Lipinski definition) is 2. The number of thioether (sulfide) groups is 1. The van der Waals surface area contributed by atoms with Crippen LogP contribution in [0.1, 0.15) is 11.1 Å². The van der Waals surface area contributed by atoms with E-state index in [1.807, 2.05) is 31.2 Å². The maximum atomic E-state index is 12.0. The number of sulfonamides is 1. The van der Waals surface area contributed by atoms with E-state index in [1.165, 1.54) is 17.8 Å². The standard InChI is InChI=1S/C16H18N2O3S2/c1-11-4-3-5-14(8-11)22-10-16(19)18-13-7-6-12(2)15(9-13)23(17,20)21/h3-9H,10H2,1-2H3,(H,18,19)(H2,17,20,21). The first-order valence-corrected chi connectivity index (χ1v) is 9.41. The van der Waals surface area contributed by atoms with E-state index in [4.69, 9.17) is 5.14 Å². The minimum Gasteiger partial charge on any atom is -0.325 e. The van der Waals surface area contributed by atoms with E-state index in [2.05, 4.69) is 5.32 Å². The van der Waals surface area contributed by atoms with Crippen LogP contribution in [-0.2, 0) is 14.8 Å². The Hall–Kier alpha value is -1.83. The molecule has 0 spiro atoms. The van der Waals surface area contributed by atoms with E-state index in [1.54, 1.807) is 19.1 Å². The number of carbonyl (C=O) groups is 1. The van der Waals surface area contributed by atoms with E-state index < -0.39 is 10.0 Å². The SMILES string of the molecule is Cc1cccc(SCC(=O)Nc2ccc(C)c(S(N)(=O)=O)c2)c1. The van der Waals surface area contributed by atoms with Crippen molar-refractivity contribution in [1.29, 1.82) is 0 Å². The summed E-state index contributed by atoms with van der Waals surface area (Å²) in [5.41, 5.74) is 2.08. The summed E-state index contributed by atoms with van der Waals surface area (Å²) in [6.07, 6.45) is 0. The largest absolute Gasteiger partial charge is 0.325 e. The number of nitrogens with two attached hydrogens (primary N) is 1. The summed E-state index contributed by atoms with van der Waals surface area (Å²) in [6.45, 7) is 3.64. The molecule has 0 aliphatic rings. The van der Waals surface area contributed by atoms with Gasteiger partial charge < -0.3 is 5.32 Å². The number of anilines is 1. The molecule has 0 saturated heterocycles. The van der Waals surface area contributed by atoms with Gasteiger partial charge in [-0.1, -0.05) is 23.8 Å². The van der Waals surface area contributed by atoms with Gasteiger partial charge in [0, 0.05) is 10.6 Å². The van der Waals surface area contributed by atoms with Gasteiger partial charge in [-0.05, 0) is 43.7 Å². The molecule has 7 heteroatoms. The van der Waals surface area contributed by atoms with Gasteiger partial charge in [-0.25, -0.2) is 13.6 Å². The molecule has 0 atom stereocenters. The molecule has 3 N–H and O–H groups in total. The van der Waals surface area contributed by atoms with Crippen molar-refractivity contribution in [3.8, 4) is 0 Å². The highest BCUT2D eigenvalue weighted by molar-refractivity contribution is 8.00. The van der Waals surface area contributed by atoms with E-state index in [9.17, 15) is 13.2 Å². The lowest BCUT2D eigenvalue weighted by Gasteiger charge is -2.09. The molecule has 0 bridgehead atoms. The molecular formula is C16H18N2O3S2. The predicted molar refractivity (Wildman–Crippen MR) is 93.1 cm³/mol. The number of rotatable bonds is 5. The third-order valence-electron chi connectivity index (χ3n) is 3.14. The third kappa shape index (κ3) is 5.09. The van der Waals surface area contributed by atoms with Crippen LogP contribution in [0.5, 0.6) is 0 Å². The summed E-state index contributed by atoms with van der Waals surface area (Å²) in [7, 11) is -3.81. The zero-order valence-electron chi connectivity index (χ0n) is 12.9. The lowest BCUT2D eigenvalue weighted by Crippen LogP contribution is -2.17. The van der Waals surface area contributed by atoms with Crippen LogP contribution in [0.2, 0.25) is 0 Å². The van der Waals surface area contributed by atoms with Crippen molar-refractivity contribution >= 4 is 33.4 Å². The fourth-order valence-corrected chi connectivity index (χ4v) is 3.66. The summed E-state index contributed by atoms with van der Waals surface area (Å²) >= 11 is 1.42. The molecule has 5 nitrogen and oxygen atoms in total. The summed E-state index contributed by atoms with van der Waals surface area (Å²) < 4.78 is 23.0. The van der Waals surface area contributed by atoms with Crippen molar-refractivity contribution in [2.45, 2.75) is 23.6 Å². The highest BCUT2D eigenvalue weighted by atomic mass is 32.2. The summed E-state index contributed by atoms with van der Waals surface area (Å²) in [5, 5.41) is 7.85. The van der Waals surface area contributed by atoms with Crippen molar-refractivity contribution in [2.75, 3.05) is 11.1 Å². The monoisotopic (exact) mass is 350 g/mol. The molecule has 0 saturated carbocycles. The second-order valence-corrected chi connectivity index (χ2v) is 7.76. The van der Waals surface area contributed by atoms with Crippen LogP contribution >= 0.6 is 11.8 Å². The average molecular weight is 350 g/mol. The molecule has 0 radical (unpaired) electrons. The number of carbonyl (C=O) groups excluding carboxylic acids is 1. The smallest absolute Gasteiger partial charge is 0.238 e. The van der Waals surface area contributed by atoms with Gasteiger partial charge in [0.1, 0.15) is 0 Å². The van der Waals surface area contributed by atoms with E-state index in [0.717, 1.165) is 10.5 Å². The van der Waals surface area contributed by atoms with Gasteiger partial charge in [0.05, 0.1) is 10.6 Å². The molecule has 23 heavy (non-hydrogen) atoms. The number of benzene rings is 2. The Morgan fingerprint density at radius 1 is 1.17 bits per heavy atom. The topological polar surface area (TPSA) is 89.3 Å². The maximum Gasteiger partial charge on any atom is 0.238 e. The molecule has 0 heterocycles. The molecule has 0 aliphatic carbocycles. The lowest BCUT2D eigenvalue weighted by atomic mass is 10.2. The van der Waals surface area contributed by atoms with Gasteiger partial charge in [0.25, 0.3) is 0 Å². The zero-order valence-corrected chi connectivity index (χ0v) is 14.5. The van der Waals surface area contributed by atoms with Gasteiger partial charge in [-0.3, -0.25) is 4.79 Å². The van der Waals surface area contributed by atoms with Crippen LogP contribution in [0.15, 0.2) is 52.3 Å². The number of nitrogens with one attached hydrogen (secondary N) is 1. The average Bonchev–Trinajstić information content (AvgIpc) is 2.46. The number of primary sulfonamides is 1. The van der Waals surface area contributed by atoms with Gasteiger partial charge >= 0.3 is 0 Å². The first kappa shape index (κ1) is 17.5. The Morgan fingerprint density at radius 2 is 1.91 bits per heavy atom. The van der Waals surface area contributed by atoms with Gasteiger partial charge in [-0.15, -0.1) is 11.8 Å². The van der Waals surface area contributed by atoms with Gasteiger partial charge in [-0.2, -0.15) is 0 Å². The number of hydrogen-bond acceptors (Lipinski definition) is 4. The van der Waals surface area contributed by atoms with Crippen molar-refractivity contribution in [3.63, 3.8) is 0 Å². The van der Waals surface area contributed by atoms with Crippen molar-refractivity contribution in [1.82, 2.24) is 0 Å². The molecular weight excluding hydrogens is 332 g/mol. The van der Waals surface area contributed by atoms with E-state index >= 15 is 0 Å². The Balaban J connectivity index is 2.03. The highest BCUT2D eigenvalue weighted by Crippen LogP contribution is 2.21. The third-order valence-corrected chi connectivity index (χ3v) is 5.18. The Bertz CT molecular complexity index is 833. The molecule has 122 valence electrons. The molecule has 0 unspecified atom stereocenters. The van der Waals surface area contributed by atoms with Crippen LogP contribution in [0, 0.1) is 13.8 Å². The summed E-state index contributed by atoms with van der Waals surface area (Å²) in [6, 6.07) is 12.5. The van der Waals surface area contributed by atoms with Crippen LogP contribution in [0.3, 0.4) is 0 Å². The fraction of sp³-hybridized carbons (Fsp3) is 0.188. The van der Waals surface area contributed by atoms with E-state index in [0.29, 0.717) is 11.3 Å². The Kier molecular flexibility index (Phi) is 5.46. The lowest BCUT2D eigenvalue weighted by molar-refractivity contribution is -0.113. The normalized spacial score (nSPS) is 11.3. The van der Waals surface area contributed by atoms with E-state index in [-0.39, 0.29) is 16.6 Å². The molecule has 1 amide bonds. The minimum atomic E-state index is -3.81. The second kappa shape index (κ2) is 7.16. The molecule has 2 aromatic rings. The van der Waals surface area contributed by atoms with Crippen LogP contribution in [0.4, 0.5) is 5.69 Å². The van der Waals surface area contributed by atoms with Crippen molar-refractivity contribution < 1.29 is 13.2 Å².